The Balaban J connectivity index is 1.69. The van der Waals surface area contributed by atoms with Gasteiger partial charge in [-0.1, -0.05) is 71.5 Å². The van der Waals surface area contributed by atoms with E-state index in [1.54, 1.807) is 24.2 Å². The number of halogens is 1. The van der Waals surface area contributed by atoms with Crippen LogP contribution in [0.2, 0.25) is 5.02 Å². The van der Waals surface area contributed by atoms with Crippen LogP contribution in [0.25, 0.3) is 16.3 Å². The Morgan fingerprint density at radius 1 is 1.10 bits per heavy atom. The molecule has 0 saturated heterocycles. The summed E-state index contributed by atoms with van der Waals surface area (Å²) in [5.74, 6) is 0.573. The zero-order valence-corrected chi connectivity index (χ0v) is 17.9. The molecule has 0 saturated carbocycles. The molecule has 0 spiro atoms. The zero-order chi connectivity index (χ0) is 20.9. The van der Waals surface area contributed by atoms with Crippen LogP contribution in [-0.2, 0) is 11.3 Å². The number of carbonyl (C=O) groups excluding carboxylic acids is 1. The van der Waals surface area contributed by atoms with E-state index in [0.717, 1.165) is 27.1 Å². The first kappa shape index (κ1) is 20.1. The molecule has 0 aliphatic heterocycles. The Hall–Kier alpha value is -3.15. The number of ether oxygens (including phenoxy) is 1. The summed E-state index contributed by atoms with van der Waals surface area (Å²) < 4.78 is 6.29. The molecule has 4 aromatic rings. The Bertz CT molecular complexity index is 1200. The molecule has 4 nitrogen and oxygen atoms in total. The molecule has 1 aromatic heterocycles. The summed E-state index contributed by atoms with van der Waals surface area (Å²) in [6.45, 7) is 0.420. The van der Waals surface area contributed by atoms with E-state index in [-0.39, 0.29) is 5.91 Å². The highest BCUT2D eigenvalue weighted by atomic mass is 35.5. The Kier molecular flexibility index (Phi) is 6.12. The summed E-state index contributed by atoms with van der Waals surface area (Å²) in [4.78, 5) is 19.5. The van der Waals surface area contributed by atoms with E-state index >= 15 is 0 Å². The van der Waals surface area contributed by atoms with Crippen molar-refractivity contribution in [2.75, 3.05) is 12.0 Å². The number of hydrogen-bond acceptors (Lipinski definition) is 4. The van der Waals surface area contributed by atoms with Crippen molar-refractivity contribution in [1.82, 2.24) is 4.98 Å². The van der Waals surface area contributed by atoms with Gasteiger partial charge in [0.25, 0.3) is 5.91 Å². The second-order valence-electron chi connectivity index (χ2n) is 6.59. The van der Waals surface area contributed by atoms with Crippen molar-refractivity contribution < 1.29 is 9.53 Å². The molecule has 1 amide bonds. The Morgan fingerprint density at radius 2 is 1.87 bits per heavy atom. The third-order valence-corrected chi connectivity index (χ3v) is 5.98. The van der Waals surface area contributed by atoms with Gasteiger partial charge in [-0.25, -0.2) is 4.98 Å². The summed E-state index contributed by atoms with van der Waals surface area (Å²) in [6.07, 6.45) is 3.27. The smallest absolute Gasteiger partial charge is 0.253 e. The molecule has 0 fully saturated rings. The van der Waals surface area contributed by atoms with E-state index < -0.39 is 0 Å². The van der Waals surface area contributed by atoms with E-state index in [4.69, 9.17) is 21.3 Å². The van der Waals surface area contributed by atoms with Gasteiger partial charge in [-0.3, -0.25) is 9.69 Å². The van der Waals surface area contributed by atoms with Gasteiger partial charge in [0.05, 0.1) is 23.9 Å². The fraction of sp³-hybridized carbons (Fsp3) is 0.0833. The summed E-state index contributed by atoms with van der Waals surface area (Å²) in [5, 5.41) is 1.24. The lowest BCUT2D eigenvalue weighted by molar-refractivity contribution is -0.114. The van der Waals surface area contributed by atoms with Crippen LogP contribution >= 0.6 is 22.9 Å². The average Bonchev–Trinajstić information content (AvgIpc) is 3.20. The Morgan fingerprint density at radius 3 is 2.63 bits per heavy atom. The largest absolute Gasteiger partial charge is 0.497 e. The van der Waals surface area contributed by atoms with Crippen molar-refractivity contribution in [2.24, 2.45) is 0 Å². The fourth-order valence-electron chi connectivity index (χ4n) is 3.00. The van der Waals surface area contributed by atoms with Crippen LogP contribution in [0.3, 0.4) is 0 Å². The van der Waals surface area contributed by atoms with Crippen LogP contribution in [0.4, 0.5) is 5.13 Å². The van der Waals surface area contributed by atoms with E-state index in [0.29, 0.717) is 16.7 Å². The lowest BCUT2D eigenvalue weighted by atomic mass is 10.2. The average molecular weight is 435 g/mol. The number of fused-ring (bicyclic) bond motifs is 1. The number of anilines is 1. The van der Waals surface area contributed by atoms with Crippen LogP contribution in [0.15, 0.2) is 78.9 Å². The van der Waals surface area contributed by atoms with Gasteiger partial charge >= 0.3 is 0 Å². The maximum absolute atomic E-state index is 13.2. The van der Waals surface area contributed by atoms with Gasteiger partial charge in [0.1, 0.15) is 5.75 Å². The number of aromatic nitrogens is 1. The maximum atomic E-state index is 13.2. The normalized spacial score (nSPS) is 11.1. The third kappa shape index (κ3) is 4.53. The van der Waals surface area contributed by atoms with Crippen LogP contribution < -0.4 is 9.64 Å². The van der Waals surface area contributed by atoms with Crippen molar-refractivity contribution in [2.45, 2.75) is 6.54 Å². The summed E-state index contributed by atoms with van der Waals surface area (Å²) >= 11 is 7.69. The lowest BCUT2D eigenvalue weighted by Crippen LogP contribution is -2.28. The molecule has 0 aliphatic rings. The highest BCUT2D eigenvalue weighted by Gasteiger charge is 2.19. The van der Waals surface area contributed by atoms with Gasteiger partial charge in [-0.15, -0.1) is 0 Å². The fourth-order valence-corrected chi connectivity index (χ4v) is 4.15. The molecule has 0 N–H and O–H groups in total. The van der Waals surface area contributed by atoms with Crippen molar-refractivity contribution >= 4 is 50.3 Å². The second kappa shape index (κ2) is 9.11. The summed E-state index contributed by atoms with van der Waals surface area (Å²) in [6, 6.07) is 23.0. The van der Waals surface area contributed by atoms with Gasteiger partial charge in [-0.05, 0) is 35.4 Å². The number of hydrogen-bond donors (Lipinski definition) is 0. The number of amides is 1. The van der Waals surface area contributed by atoms with Crippen molar-refractivity contribution in [3.63, 3.8) is 0 Å². The third-order valence-electron chi connectivity index (χ3n) is 4.57. The van der Waals surface area contributed by atoms with Crippen LogP contribution in [0.1, 0.15) is 11.1 Å². The molecule has 0 bridgehead atoms. The second-order valence-corrected chi connectivity index (χ2v) is 8.01. The number of methoxy groups -OCH3 is 1. The summed E-state index contributed by atoms with van der Waals surface area (Å²) in [7, 11) is 1.62. The van der Waals surface area contributed by atoms with E-state index in [1.807, 2.05) is 66.7 Å². The molecular weight excluding hydrogens is 416 g/mol. The standard InChI is InChI=1S/C24H19ClN2O2S/c1-29-19-12-13-22-21(15-19)26-24(30-22)27(16-17-7-3-2-4-8-17)23(28)14-11-18-9-5-6-10-20(18)25/h2-15H,16H2,1H3/b14-11+. The molecule has 30 heavy (non-hydrogen) atoms. The minimum atomic E-state index is -0.162. The molecule has 1 heterocycles. The van der Waals surface area contributed by atoms with Gasteiger partial charge in [0.15, 0.2) is 5.13 Å². The predicted molar refractivity (Wildman–Crippen MR) is 124 cm³/mol. The number of thiazole rings is 1. The SMILES string of the molecule is COc1ccc2sc(N(Cc3ccccc3)C(=O)/C=C/c3ccccc3Cl)nc2c1. The first-order chi connectivity index (χ1) is 14.6. The number of rotatable bonds is 6. The number of nitrogens with zero attached hydrogens (tertiary/aromatic N) is 2. The monoisotopic (exact) mass is 434 g/mol. The van der Waals surface area contributed by atoms with E-state index in [2.05, 4.69) is 0 Å². The minimum absolute atomic E-state index is 0.162. The first-order valence-corrected chi connectivity index (χ1v) is 10.6. The van der Waals surface area contributed by atoms with Gasteiger partial charge < -0.3 is 4.74 Å². The van der Waals surface area contributed by atoms with E-state index in [9.17, 15) is 4.79 Å². The molecule has 150 valence electrons. The molecule has 3 aromatic carbocycles. The quantitative estimate of drug-likeness (QED) is 0.339. The molecule has 0 aliphatic carbocycles. The Labute approximate surface area is 184 Å². The summed E-state index contributed by atoms with van der Waals surface area (Å²) in [5.41, 5.74) is 2.62. The lowest BCUT2D eigenvalue weighted by Gasteiger charge is -2.18. The number of carbonyl (C=O) groups is 1. The van der Waals surface area contributed by atoms with Gasteiger partial charge in [0.2, 0.25) is 0 Å². The van der Waals surface area contributed by atoms with Gasteiger partial charge in [-0.2, -0.15) is 0 Å². The highest BCUT2D eigenvalue weighted by Crippen LogP contribution is 2.32. The molecule has 4 rings (SSSR count). The van der Waals surface area contributed by atoms with Gasteiger partial charge in [0, 0.05) is 17.2 Å². The molecule has 0 radical (unpaired) electrons. The van der Waals surface area contributed by atoms with Crippen molar-refractivity contribution in [3.05, 3.63) is 95.0 Å². The maximum Gasteiger partial charge on any atom is 0.253 e. The molecule has 0 atom stereocenters. The molecule has 6 heteroatoms. The predicted octanol–water partition coefficient (Wildman–Crippen LogP) is 6.20. The minimum Gasteiger partial charge on any atom is -0.497 e. The molecular formula is C24H19ClN2O2S. The van der Waals surface area contributed by atoms with Crippen molar-refractivity contribution in [1.29, 1.82) is 0 Å². The molecule has 0 unspecified atom stereocenters. The zero-order valence-electron chi connectivity index (χ0n) is 16.3. The highest BCUT2D eigenvalue weighted by molar-refractivity contribution is 7.22. The van der Waals surface area contributed by atoms with Crippen LogP contribution in [0, 0.1) is 0 Å². The number of benzene rings is 3. The van der Waals surface area contributed by atoms with Crippen LogP contribution in [0.5, 0.6) is 5.75 Å². The van der Waals surface area contributed by atoms with E-state index in [1.165, 1.54) is 17.4 Å². The first-order valence-electron chi connectivity index (χ1n) is 9.36. The van der Waals surface area contributed by atoms with Crippen LogP contribution in [-0.4, -0.2) is 18.0 Å². The topological polar surface area (TPSA) is 42.4 Å². The van der Waals surface area contributed by atoms with Crippen molar-refractivity contribution in [3.8, 4) is 5.75 Å².